The largest absolute Gasteiger partial charge is 0.351 e. The van der Waals surface area contributed by atoms with E-state index in [1.54, 1.807) is 19.2 Å². The van der Waals surface area contributed by atoms with Crippen molar-refractivity contribution in [3.63, 3.8) is 0 Å². The number of carbonyl (C=O) groups is 1. The molecule has 0 unspecified atom stereocenters. The molecule has 100 valence electrons. The number of halogens is 1. The van der Waals surface area contributed by atoms with Gasteiger partial charge in [-0.15, -0.1) is 5.10 Å². The number of benzene rings is 1. The number of tetrazole rings is 1. The van der Waals surface area contributed by atoms with Crippen LogP contribution in [-0.2, 0) is 18.4 Å². The summed E-state index contributed by atoms with van der Waals surface area (Å²) in [6.07, 6.45) is 0. The number of nitrogens with one attached hydrogen (secondary N) is 1. The number of aryl methyl sites for hydroxylation is 1. The molecule has 1 aromatic heterocycles. The fraction of sp³-hybridized carbons (Fsp3) is 0.273. The zero-order valence-corrected chi connectivity index (χ0v) is 11.8. The molecule has 0 radical (unpaired) electrons. The minimum Gasteiger partial charge on any atom is -0.351 e. The van der Waals surface area contributed by atoms with E-state index in [4.69, 9.17) is 11.6 Å². The minimum atomic E-state index is -0.0667. The predicted molar refractivity (Wildman–Crippen MR) is 72.8 cm³/mol. The van der Waals surface area contributed by atoms with Crippen molar-refractivity contribution in [3.8, 4) is 0 Å². The van der Waals surface area contributed by atoms with Gasteiger partial charge in [-0.2, -0.15) is 0 Å². The monoisotopic (exact) mass is 297 g/mol. The summed E-state index contributed by atoms with van der Waals surface area (Å²) in [5.41, 5.74) is 1.00. The van der Waals surface area contributed by atoms with Crippen molar-refractivity contribution in [1.29, 1.82) is 0 Å². The topological polar surface area (TPSA) is 72.7 Å². The van der Waals surface area contributed by atoms with Crippen LogP contribution in [0.15, 0.2) is 29.4 Å². The van der Waals surface area contributed by atoms with Crippen LogP contribution in [0.1, 0.15) is 5.56 Å². The molecule has 0 saturated carbocycles. The number of nitrogens with zero attached hydrogens (tertiary/aromatic N) is 4. The number of rotatable bonds is 5. The lowest BCUT2D eigenvalue weighted by Crippen LogP contribution is -2.24. The third kappa shape index (κ3) is 4.22. The van der Waals surface area contributed by atoms with Gasteiger partial charge in [-0.05, 0) is 28.1 Å². The molecule has 1 heterocycles. The van der Waals surface area contributed by atoms with Crippen LogP contribution in [0, 0.1) is 0 Å². The molecular formula is C11H12ClN5OS. The first kappa shape index (κ1) is 13.8. The number of aromatic nitrogens is 4. The minimum absolute atomic E-state index is 0.0667. The first-order valence-corrected chi connectivity index (χ1v) is 6.88. The zero-order valence-electron chi connectivity index (χ0n) is 10.2. The Morgan fingerprint density at radius 2 is 2.16 bits per heavy atom. The van der Waals surface area contributed by atoms with E-state index in [-0.39, 0.29) is 11.7 Å². The number of thioether (sulfide) groups is 1. The molecule has 0 aliphatic heterocycles. The molecule has 19 heavy (non-hydrogen) atoms. The summed E-state index contributed by atoms with van der Waals surface area (Å²) in [5, 5.41) is 15.1. The van der Waals surface area contributed by atoms with Crippen molar-refractivity contribution in [2.75, 3.05) is 5.75 Å². The highest BCUT2D eigenvalue weighted by molar-refractivity contribution is 7.99. The van der Waals surface area contributed by atoms with E-state index in [9.17, 15) is 4.79 Å². The van der Waals surface area contributed by atoms with Crippen molar-refractivity contribution in [2.45, 2.75) is 11.7 Å². The summed E-state index contributed by atoms with van der Waals surface area (Å²) < 4.78 is 1.52. The average molecular weight is 298 g/mol. The van der Waals surface area contributed by atoms with Gasteiger partial charge in [-0.25, -0.2) is 4.68 Å². The number of hydrogen-bond acceptors (Lipinski definition) is 5. The molecule has 0 atom stereocenters. The fourth-order valence-corrected chi connectivity index (χ4v) is 2.13. The first-order valence-electron chi connectivity index (χ1n) is 5.51. The van der Waals surface area contributed by atoms with Crippen LogP contribution in [0.25, 0.3) is 0 Å². The highest BCUT2D eigenvalue weighted by Crippen LogP contribution is 2.12. The van der Waals surface area contributed by atoms with Crippen LogP contribution in [0.5, 0.6) is 0 Å². The molecule has 2 rings (SSSR count). The van der Waals surface area contributed by atoms with Gasteiger partial charge in [-0.3, -0.25) is 4.79 Å². The Hall–Kier alpha value is -1.60. The normalized spacial score (nSPS) is 10.4. The van der Waals surface area contributed by atoms with E-state index in [1.807, 2.05) is 12.1 Å². The van der Waals surface area contributed by atoms with Crippen LogP contribution < -0.4 is 5.32 Å². The summed E-state index contributed by atoms with van der Waals surface area (Å²) in [6.45, 7) is 0.480. The summed E-state index contributed by atoms with van der Waals surface area (Å²) in [4.78, 5) is 11.7. The van der Waals surface area contributed by atoms with E-state index < -0.39 is 0 Å². The number of carbonyl (C=O) groups excluding carboxylic acids is 1. The van der Waals surface area contributed by atoms with Crippen molar-refractivity contribution < 1.29 is 4.79 Å². The third-order valence-electron chi connectivity index (χ3n) is 2.32. The number of hydrogen-bond donors (Lipinski definition) is 1. The molecule has 2 aromatic rings. The van der Waals surface area contributed by atoms with Gasteiger partial charge in [0.05, 0.1) is 5.75 Å². The molecular weight excluding hydrogens is 286 g/mol. The van der Waals surface area contributed by atoms with Gasteiger partial charge in [0.25, 0.3) is 0 Å². The standard InChI is InChI=1S/C11H12ClN5OS/c1-17-11(14-15-16-17)19-7-10(18)13-6-8-2-4-9(12)5-3-8/h2-5H,6-7H2,1H3,(H,13,18). The van der Waals surface area contributed by atoms with E-state index in [0.29, 0.717) is 16.7 Å². The van der Waals surface area contributed by atoms with Crippen molar-refractivity contribution in [1.82, 2.24) is 25.5 Å². The maximum Gasteiger partial charge on any atom is 0.230 e. The van der Waals surface area contributed by atoms with Gasteiger partial charge in [0, 0.05) is 18.6 Å². The zero-order chi connectivity index (χ0) is 13.7. The molecule has 0 fully saturated rings. The third-order valence-corrected chi connectivity index (χ3v) is 3.58. The summed E-state index contributed by atoms with van der Waals surface area (Å²) in [5.74, 6) is 0.213. The second kappa shape index (κ2) is 6.53. The Balaban J connectivity index is 1.76. The molecule has 0 aliphatic carbocycles. The van der Waals surface area contributed by atoms with Crippen LogP contribution in [0.4, 0.5) is 0 Å². The highest BCUT2D eigenvalue weighted by Gasteiger charge is 2.07. The smallest absolute Gasteiger partial charge is 0.230 e. The molecule has 0 saturated heterocycles. The lowest BCUT2D eigenvalue weighted by atomic mass is 10.2. The maximum absolute atomic E-state index is 11.7. The molecule has 6 nitrogen and oxygen atoms in total. The van der Waals surface area contributed by atoms with Gasteiger partial charge in [-0.1, -0.05) is 35.5 Å². The van der Waals surface area contributed by atoms with Crippen molar-refractivity contribution >= 4 is 29.3 Å². The molecule has 0 bridgehead atoms. The molecule has 8 heteroatoms. The Morgan fingerprint density at radius 1 is 1.42 bits per heavy atom. The molecule has 0 spiro atoms. The van der Waals surface area contributed by atoms with Crippen molar-refractivity contribution in [2.24, 2.45) is 7.05 Å². The fourth-order valence-electron chi connectivity index (χ4n) is 1.33. The van der Waals surface area contributed by atoms with Crippen LogP contribution >= 0.6 is 23.4 Å². The Bertz CT molecular complexity index is 556. The number of amides is 1. The summed E-state index contributed by atoms with van der Waals surface area (Å²) >= 11 is 7.08. The highest BCUT2D eigenvalue weighted by atomic mass is 35.5. The Kier molecular flexibility index (Phi) is 4.75. The van der Waals surface area contributed by atoms with Gasteiger partial charge in [0.2, 0.25) is 11.1 Å². The SMILES string of the molecule is Cn1nnnc1SCC(=O)NCc1ccc(Cl)cc1. The van der Waals surface area contributed by atoms with Crippen LogP contribution in [0.2, 0.25) is 5.02 Å². The Labute approximate surface area is 119 Å². The summed E-state index contributed by atoms with van der Waals surface area (Å²) in [6, 6.07) is 7.34. The van der Waals surface area contributed by atoms with Crippen LogP contribution in [0.3, 0.4) is 0 Å². The van der Waals surface area contributed by atoms with E-state index in [1.165, 1.54) is 16.4 Å². The van der Waals surface area contributed by atoms with Gasteiger partial charge < -0.3 is 5.32 Å². The quantitative estimate of drug-likeness (QED) is 0.842. The molecule has 1 aromatic carbocycles. The predicted octanol–water partition coefficient (Wildman–Crippen LogP) is 1.27. The second-order valence-electron chi connectivity index (χ2n) is 3.78. The second-order valence-corrected chi connectivity index (χ2v) is 5.16. The maximum atomic E-state index is 11.7. The van der Waals surface area contributed by atoms with Gasteiger partial charge in [0.1, 0.15) is 0 Å². The van der Waals surface area contributed by atoms with E-state index in [2.05, 4.69) is 20.8 Å². The van der Waals surface area contributed by atoms with Crippen LogP contribution in [-0.4, -0.2) is 31.9 Å². The summed E-state index contributed by atoms with van der Waals surface area (Å²) in [7, 11) is 1.73. The van der Waals surface area contributed by atoms with Crippen molar-refractivity contribution in [3.05, 3.63) is 34.9 Å². The lowest BCUT2D eigenvalue weighted by molar-refractivity contribution is -0.118. The van der Waals surface area contributed by atoms with Gasteiger partial charge >= 0.3 is 0 Å². The molecule has 1 amide bonds. The lowest BCUT2D eigenvalue weighted by Gasteiger charge is -2.04. The van der Waals surface area contributed by atoms with E-state index in [0.717, 1.165) is 5.56 Å². The first-order chi connectivity index (χ1) is 9.15. The van der Waals surface area contributed by atoms with E-state index >= 15 is 0 Å². The molecule has 1 N–H and O–H groups in total. The Morgan fingerprint density at radius 3 is 2.79 bits per heavy atom. The average Bonchev–Trinajstić information content (AvgIpc) is 2.81. The van der Waals surface area contributed by atoms with Gasteiger partial charge in [0.15, 0.2) is 0 Å². The molecule has 0 aliphatic rings.